The highest BCUT2D eigenvalue weighted by atomic mass is 16.3. The largest absolute Gasteiger partial charge is 0.393 e. The third-order valence-electron chi connectivity index (χ3n) is 3.19. The number of aliphatic hydroxyl groups excluding tert-OH is 1. The van der Waals surface area contributed by atoms with Gasteiger partial charge in [0.2, 0.25) is 0 Å². The third kappa shape index (κ3) is 1.64. The highest BCUT2D eigenvalue weighted by molar-refractivity contribution is 4.97. The summed E-state index contributed by atoms with van der Waals surface area (Å²) in [6.07, 6.45) is 4.03. The molecule has 0 aromatic rings. The Morgan fingerprint density at radius 3 is 2.50 bits per heavy atom. The predicted octanol–water partition coefficient (Wildman–Crippen LogP) is 1.52. The molecule has 2 heteroatoms. The van der Waals surface area contributed by atoms with Crippen molar-refractivity contribution in [2.75, 3.05) is 6.54 Å². The molecule has 1 aliphatic rings. The van der Waals surface area contributed by atoms with E-state index in [-0.39, 0.29) is 11.5 Å². The molecule has 0 radical (unpaired) electrons. The molecule has 1 rings (SSSR count). The summed E-state index contributed by atoms with van der Waals surface area (Å²) in [5.74, 6) is 0.764. The van der Waals surface area contributed by atoms with Gasteiger partial charge in [0.15, 0.2) is 0 Å². The average Bonchev–Trinajstić information content (AvgIpc) is 1.98. The van der Waals surface area contributed by atoms with Crippen LogP contribution in [-0.4, -0.2) is 17.8 Å². The van der Waals surface area contributed by atoms with Crippen molar-refractivity contribution in [3.05, 3.63) is 0 Å². The number of rotatable bonds is 4. The van der Waals surface area contributed by atoms with E-state index in [1.54, 1.807) is 0 Å². The van der Waals surface area contributed by atoms with E-state index in [9.17, 15) is 5.11 Å². The average molecular weight is 171 g/mol. The number of aliphatic hydroxyl groups is 1. The van der Waals surface area contributed by atoms with Gasteiger partial charge in [-0.2, -0.15) is 0 Å². The van der Waals surface area contributed by atoms with Gasteiger partial charge >= 0.3 is 0 Å². The first-order valence-corrected chi connectivity index (χ1v) is 5.02. The van der Waals surface area contributed by atoms with Gasteiger partial charge in [0, 0.05) is 12.0 Å². The zero-order valence-electron chi connectivity index (χ0n) is 8.21. The first-order valence-electron chi connectivity index (χ1n) is 5.02. The van der Waals surface area contributed by atoms with Gasteiger partial charge in [0.05, 0.1) is 6.10 Å². The lowest BCUT2D eigenvalue weighted by molar-refractivity contribution is -0.0617. The number of hydrogen-bond donors (Lipinski definition) is 2. The third-order valence-corrected chi connectivity index (χ3v) is 3.19. The van der Waals surface area contributed by atoms with Crippen molar-refractivity contribution in [1.29, 1.82) is 0 Å². The zero-order chi connectivity index (χ0) is 9.19. The molecule has 0 unspecified atom stereocenters. The topological polar surface area (TPSA) is 46.2 Å². The predicted molar refractivity (Wildman–Crippen MR) is 50.8 cm³/mol. The van der Waals surface area contributed by atoms with Gasteiger partial charge in [-0.25, -0.2) is 0 Å². The second kappa shape index (κ2) is 3.75. The Kier molecular flexibility index (Phi) is 3.13. The van der Waals surface area contributed by atoms with E-state index in [0.717, 1.165) is 31.6 Å². The van der Waals surface area contributed by atoms with Crippen LogP contribution >= 0.6 is 0 Å². The van der Waals surface area contributed by atoms with Crippen molar-refractivity contribution in [2.24, 2.45) is 17.1 Å². The molecule has 1 saturated carbocycles. The Hall–Kier alpha value is -0.0800. The fourth-order valence-corrected chi connectivity index (χ4v) is 2.48. The molecule has 0 aromatic carbocycles. The standard InChI is InChI=1S/C10H21NO/c1-3-4-9(12)10(7-11)5-8(2)6-10/h8-9,12H,3-7,11H2,1-2H3/t8?,9-,10?/m0/s1. The molecule has 0 heterocycles. The monoisotopic (exact) mass is 171 g/mol. The molecule has 12 heavy (non-hydrogen) atoms. The lowest BCUT2D eigenvalue weighted by atomic mass is 9.59. The van der Waals surface area contributed by atoms with Crippen LogP contribution in [0.3, 0.4) is 0 Å². The lowest BCUT2D eigenvalue weighted by Crippen LogP contribution is -2.50. The maximum Gasteiger partial charge on any atom is 0.0608 e. The van der Waals surface area contributed by atoms with E-state index in [1.165, 1.54) is 0 Å². The highest BCUT2D eigenvalue weighted by Gasteiger charge is 2.45. The Morgan fingerprint density at radius 1 is 1.58 bits per heavy atom. The van der Waals surface area contributed by atoms with Gasteiger partial charge in [0.25, 0.3) is 0 Å². The molecule has 0 spiro atoms. The molecule has 72 valence electrons. The first-order chi connectivity index (χ1) is 5.64. The molecule has 3 N–H and O–H groups in total. The van der Waals surface area contributed by atoms with Crippen molar-refractivity contribution < 1.29 is 5.11 Å². The molecule has 0 aromatic heterocycles. The van der Waals surface area contributed by atoms with E-state index >= 15 is 0 Å². The van der Waals surface area contributed by atoms with Crippen molar-refractivity contribution in [3.8, 4) is 0 Å². The van der Waals surface area contributed by atoms with Gasteiger partial charge in [-0.05, 0) is 25.2 Å². The summed E-state index contributed by atoms with van der Waals surface area (Å²) in [7, 11) is 0. The Labute approximate surface area is 75.2 Å². The summed E-state index contributed by atoms with van der Waals surface area (Å²) in [6, 6.07) is 0. The minimum Gasteiger partial charge on any atom is -0.393 e. The summed E-state index contributed by atoms with van der Waals surface area (Å²) in [5.41, 5.74) is 5.78. The van der Waals surface area contributed by atoms with Gasteiger partial charge in [-0.1, -0.05) is 20.3 Å². The van der Waals surface area contributed by atoms with Gasteiger partial charge in [-0.15, -0.1) is 0 Å². The van der Waals surface area contributed by atoms with Crippen LogP contribution in [-0.2, 0) is 0 Å². The summed E-state index contributed by atoms with van der Waals surface area (Å²) in [4.78, 5) is 0. The van der Waals surface area contributed by atoms with Crippen molar-refractivity contribution in [2.45, 2.75) is 45.6 Å². The summed E-state index contributed by atoms with van der Waals surface area (Å²) in [6.45, 7) is 4.99. The van der Waals surface area contributed by atoms with E-state index in [0.29, 0.717) is 6.54 Å². The van der Waals surface area contributed by atoms with Gasteiger partial charge < -0.3 is 10.8 Å². The number of hydrogen-bond acceptors (Lipinski definition) is 2. The number of nitrogens with two attached hydrogens (primary N) is 1. The molecule has 0 aliphatic heterocycles. The molecule has 1 aliphatic carbocycles. The SMILES string of the molecule is CCC[C@H](O)C1(CN)CC(C)C1. The lowest BCUT2D eigenvalue weighted by Gasteiger charge is -2.49. The van der Waals surface area contributed by atoms with Crippen LogP contribution < -0.4 is 5.73 Å². The molecule has 1 fully saturated rings. The van der Waals surface area contributed by atoms with E-state index < -0.39 is 0 Å². The summed E-state index contributed by atoms with van der Waals surface area (Å²) in [5, 5.41) is 9.86. The fraction of sp³-hybridized carbons (Fsp3) is 1.00. The van der Waals surface area contributed by atoms with Crippen LogP contribution in [0.5, 0.6) is 0 Å². The van der Waals surface area contributed by atoms with Crippen molar-refractivity contribution in [1.82, 2.24) is 0 Å². The quantitative estimate of drug-likeness (QED) is 0.673. The van der Waals surface area contributed by atoms with Crippen LogP contribution in [0.15, 0.2) is 0 Å². The van der Waals surface area contributed by atoms with E-state index in [4.69, 9.17) is 5.73 Å². The highest BCUT2D eigenvalue weighted by Crippen LogP contribution is 2.48. The molecule has 1 atom stereocenters. The van der Waals surface area contributed by atoms with Crippen LogP contribution in [0.2, 0.25) is 0 Å². The normalized spacial score (nSPS) is 37.5. The maximum absolute atomic E-state index is 9.86. The molecule has 0 saturated heterocycles. The Balaban J connectivity index is 2.45. The maximum atomic E-state index is 9.86. The Bertz CT molecular complexity index is 141. The summed E-state index contributed by atoms with van der Waals surface area (Å²) >= 11 is 0. The van der Waals surface area contributed by atoms with E-state index in [2.05, 4.69) is 13.8 Å². The van der Waals surface area contributed by atoms with Crippen LogP contribution in [0.4, 0.5) is 0 Å². The molecular weight excluding hydrogens is 150 g/mol. The van der Waals surface area contributed by atoms with Crippen molar-refractivity contribution in [3.63, 3.8) is 0 Å². The molecule has 2 nitrogen and oxygen atoms in total. The minimum absolute atomic E-state index is 0.0788. The molecule has 0 amide bonds. The van der Waals surface area contributed by atoms with Gasteiger partial charge in [0.1, 0.15) is 0 Å². The molecule has 0 bridgehead atoms. The fourth-order valence-electron chi connectivity index (χ4n) is 2.48. The van der Waals surface area contributed by atoms with E-state index in [1.807, 2.05) is 0 Å². The second-order valence-electron chi connectivity index (χ2n) is 4.38. The van der Waals surface area contributed by atoms with Gasteiger partial charge in [-0.3, -0.25) is 0 Å². The first kappa shape index (κ1) is 10.0. The van der Waals surface area contributed by atoms with Crippen LogP contribution in [0.1, 0.15) is 39.5 Å². The minimum atomic E-state index is -0.163. The van der Waals surface area contributed by atoms with Crippen LogP contribution in [0, 0.1) is 11.3 Å². The zero-order valence-corrected chi connectivity index (χ0v) is 8.21. The molecular formula is C10H21NO. The Morgan fingerprint density at radius 2 is 2.17 bits per heavy atom. The van der Waals surface area contributed by atoms with Crippen LogP contribution in [0.25, 0.3) is 0 Å². The smallest absolute Gasteiger partial charge is 0.0608 e. The van der Waals surface area contributed by atoms with Crippen molar-refractivity contribution >= 4 is 0 Å². The second-order valence-corrected chi connectivity index (χ2v) is 4.38. The summed E-state index contributed by atoms with van der Waals surface area (Å²) < 4.78 is 0.